The average Bonchev–Trinajstić information content (AvgIpc) is 2.89. The number of carbonyl (C=O) groups excluding carboxylic acids is 1. The lowest BCUT2D eigenvalue weighted by Crippen LogP contribution is -2.17. The second-order valence-corrected chi connectivity index (χ2v) is 7.68. The van der Waals surface area contributed by atoms with E-state index in [-0.39, 0.29) is 5.91 Å². The standard InChI is InChI=1S/C28H32N2O5/c1-4-6-16-34-24-14-12-22(17-26(24)32-3)19-29-30-28(31)23-13-15-25(27(18-23)33-5-2)35-20-21-10-8-7-9-11-21/h7-15,17-19H,4-6,16,20H2,1-3H3,(H,30,31). The predicted octanol–water partition coefficient (Wildman–Crippen LogP) is 5.62. The molecule has 0 aromatic heterocycles. The number of amides is 1. The summed E-state index contributed by atoms with van der Waals surface area (Å²) >= 11 is 0. The Bertz CT molecular complexity index is 1120. The van der Waals surface area contributed by atoms with Gasteiger partial charge in [-0.25, -0.2) is 5.43 Å². The third-order valence-electron chi connectivity index (χ3n) is 5.07. The second-order valence-electron chi connectivity index (χ2n) is 7.68. The third-order valence-corrected chi connectivity index (χ3v) is 5.07. The zero-order chi connectivity index (χ0) is 24.9. The maximum absolute atomic E-state index is 12.6. The van der Waals surface area contributed by atoms with Crippen molar-refractivity contribution in [1.29, 1.82) is 0 Å². The molecule has 3 aromatic carbocycles. The van der Waals surface area contributed by atoms with Crippen LogP contribution in [0.4, 0.5) is 0 Å². The number of ether oxygens (including phenoxy) is 4. The summed E-state index contributed by atoms with van der Waals surface area (Å²) in [5, 5.41) is 4.08. The number of hydrazone groups is 1. The zero-order valence-electron chi connectivity index (χ0n) is 20.5. The highest BCUT2D eigenvalue weighted by Crippen LogP contribution is 2.30. The molecule has 0 fully saturated rings. The number of methoxy groups -OCH3 is 1. The third kappa shape index (κ3) is 7.78. The van der Waals surface area contributed by atoms with Gasteiger partial charge in [0.1, 0.15) is 6.61 Å². The molecule has 0 bridgehead atoms. The summed E-state index contributed by atoms with van der Waals surface area (Å²) in [5.74, 6) is 2.01. The molecule has 0 radical (unpaired) electrons. The first-order valence-electron chi connectivity index (χ1n) is 11.7. The monoisotopic (exact) mass is 476 g/mol. The van der Waals surface area contributed by atoms with Crippen LogP contribution in [0.1, 0.15) is 48.2 Å². The van der Waals surface area contributed by atoms with Gasteiger partial charge in [-0.15, -0.1) is 0 Å². The van der Waals surface area contributed by atoms with Gasteiger partial charge < -0.3 is 18.9 Å². The maximum atomic E-state index is 12.6. The Labute approximate surface area is 206 Å². The number of unbranched alkanes of at least 4 members (excludes halogenated alkanes) is 1. The summed E-state index contributed by atoms with van der Waals surface area (Å²) in [5.41, 5.74) is 4.78. The second kappa shape index (κ2) is 13.6. The molecule has 0 unspecified atom stereocenters. The number of hydrogen-bond donors (Lipinski definition) is 1. The quantitative estimate of drug-likeness (QED) is 0.197. The Balaban J connectivity index is 1.63. The molecule has 0 atom stereocenters. The summed E-state index contributed by atoms with van der Waals surface area (Å²) in [6.45, 7) is 5.48. The van der Waals surface area contributed by atoms with Crippen molar-refractivity contribution >= 4 is 12.1 Å². The smallest absolute Gasteiger partial charge is 0.271 e. The van der Waals surface area contributed by atoms with Gasteiger partial charge in [0.15, 0.2) is 23.0 Å². The summed E-state index contributed by atoms with van der Waals surface area (Å²) in [6, 6.07) is 20.4. The molecule has 0 aliphatic rings. The van der Waals surface area contributed by atoms with E-state index in [1.54, 1.807) is 31.5 Å². The number of hydrogen-bond acceptors (Lipinski definition) is 6. The van der Waals surface area contributed by atoms with Crippen molar-refractivity contribution in [3.05, 3.63) is 83.4 Å². The van der Waals surface area contributed by atoms with E-state index in [2.05, 4.69) is 17.5 Å². The Hall–Kier alpha value is -4.00. The molecule has 1 amide bonds. The van der Waals surface area contributed by atoms with Crippen LogP contribution in [-0.2, 0) is 6.61 Å². The van der Waals surface area contributed by atoms with Gasteiger partial charge in [0.05, 0.1) is 26.5 Å². The molecule has 7 nitrogen and oxygen atoms in total. The van der Waals surface area contributed by atoms with Crippen LogP contribution in [0, 0.1) is 0 Å². The first-order chi connectivity index (χ1) is 17.1. The minimum Gasteiger partial charge on any atom is -0.493 e. The van der Waals surface area contributed by atoms with Gasteiger partial charge in [0.2, 0.25) is 0 Å². The predicted molar refractivity (Wildman–Crippen MR) is 137 cm³/mol. The number of benzene rings is 3. The molecule has 3 rings (SSSR count). The van der Waals surface area contributed by atoms with Crippen LogP contribution in [-0.4, -0.2) is 32.4 Å². The van der Waals surface area contributed by atoms with Crippen molar-refractivity contribution in [2.24, 2.45) is 5.10 Å². The molecule has 0 aliphatic heterocycles. The SMILES string of the molecule is CCCCOc1ccc(C=NNC(=O)c2ccc(OCc3ccccc3)c(OCC)c2)cc1OC. The molecule has 0 spiro atoms. The molecule has 0 heterocycles. The van der Waals surface area contributed by atoms with E-state index < -0.39 is 0 Å². The summed E-state index contributed by atoms with van der Waals surface area (Å²) in [7, 11) is 1.59. The first kappa shape index (κ1) is 25.6. The molecule has 35 heavy (non-hydrogen) atoms. The van der Waals surface area contributed by atoms with E-state index in [1.165, 1.54) is 0 Å². The Kier molecular flexibility index (Phi) is 9.99. The fourth-order valence-corrected chi connectivity index (χ4v) is 3.21. The van der Waals surface area contributed by atoms with Crippen LogP contribution >= 0.6 is 0 Å². The van der Waals surface area contributed by atoms with Gasteiger partial charge in [0.25, 0.3) is 5.91 Å². The lowest BCUT2D eigenvalue weighted by Gasteiger charge is -2.13. The molecule has 0 saturated carbocycles. The first-order valence-corrected chi connectivity index (χ1v) is 11.7. The van der Waals surface area contributed by atoms with Crippen LogP contribution in [0.25, 0.3) is 0 Å². The number of nitrogens with one attached hydrogen (secondary N) is 1. The van der Waals surface area contributed by atoms with Crippen molar-refractivity contribution in [3.63, 3.8) is 0 Å². The van der Waals surface area contributed by atoms with E-state index in [1.807, 2.05) is 55.5 Å². The summed E-state index contributed by atoms with van der Waals surface area (Å²) < 4.78 is 22.8. The number of carbonyl (C=O) groups is 1. The van der Waals surface area contributed by atoms with Crippen molar-refractivity contribution in [2.45, 2.75) is 33.3 Å². The van der Waals surface area contributed by atoms with Crippen LogP contribution in [0.15, 0.2) is 71.8 Å². The van der Waals surface area contributed by atoms with E-state index in [0.717, 1.165) is 24.0 Å². The molecule has 1 N–H and O–H groups in total. The van der Waals surface area contributed by atoms with E-state index >= 15 is 0 Å². The maximum Gasteiger partial charge on any atom is 0.271 e. The zero-order valence-corrected chi connectivity index (χ0v) is 20.5. The van der Waals surface area contributed by atoms with E-state index in [4.69, 9.17) is 18.9 Å². The fraction of sp³-hybridized carbons (Fsp3) is 0.286. The van der Waals surface area contributed by atoms with Crippen LogP contribution < -0.4 is 24.4 Å². The van der Waals surface area contributed by atoms with Crippen molar-refractivity contribution in [3.8, 4) is 23.0 Å². The fourth-order valence-electron chi connectivity index (χ4n) is 3.21. The van der Waals surface area contributed by atoms with Gasteiger partial charge in [-0.2, -0.15) is 5.10 Å². The molecular weight excluding hydrogens is 444 g/mol. The van der Waals surface area contributed by atoms with Gasteiger partial charge >= 0.3 is 0 Å². The van der Waals surface area contributed by atoms with Gasteiger partial charge in [-0.3, -0.25) is 4.79 Å². The van der Waals surface area contributed by atoms with E-state index in [0.29, 0.717) is 48.4 Å². The number of rotatable bonds is 13. The molecular formula is C28H32N2O5. The Morgan fingerprint density at radius 2 is 1.66 bits per heavy atom. The molecule has 0 aliphatic carbocycles. The molecule has 0 saturated heterocycles. The highest BCUT2D eigenvalue weighted by atomic mass is 16.5. The van der Waals surface area contributed by atoms with Gasteiger partial charge in [0, 0.05) is 5.56 Å². The Morgan fingerprint density at radius 3 is 2.40 bits per heavy atom. The minimum atomic E-state index is -0.358. The lowest BCUT2D eigenvalue weighted by atomic mass is 10.2. The summed E-state index contributed by atoms with van der Waals surface area (Å²) in [6.07, 6.45) is 3.59. The van der Waals surface area contributed by atoms with Crippen molar-refractivity contribution in [1.82, 2.24) is 5.43 Å². The molecule has 7 heteroatoms. The minimum absolute atomic E-state index is 0.358. The van der Waals surface area contributed by atoms with Crippen LogP contribution in [0.3, 0.4) is 0 Å². The highest BCUT2D eigenvalue weighted by Gasteiger charge is 2.12. The molecule has 3 aromatic rings. The van der Waals surface area contributed by atoms with Crippen LogP contribution in [0.5, 0.6) is 23.0 Å². The van der Waals surface area contributed by atoms with Crippen molar-refractivity contribution in [2.75, 3.05) is 20.3 Å². The highest BCUT2D eigenvalue weighted by molar-refractivity contribution is 5.95. The largest absolute Gasteiger partial charge is 0.493 e. The normalized spacial score (nSPS) is 10.7. The van der Waals surface area contributed by atoms with Gasteiger partial charge in [-0.1, -0.05) is 43.7 Å². The van der Waals surface area contributed by atoms with Crippen LogP contribution in [0.2, 0.25) is 0 Å². The topological polar surface area (TPSA) is 78.4 Å². The Morgan fingerprint density at radius 1 is 0.886 bits per heavy atom. The van der Waals surface area contributed by atoms with E-state index in [9.17, 15) is 4.79 Å². The van der Waals surface area contributed by atoms with Crippen molar-refractivity contribution < 1.29 is 23.7 Å². The lowest BCUT2D eigenvalue weighted by molar-refractivity contribution is 0.0954. The molecule has 184 valence electrons. The van der Waals surface area contributed by atoms with Gasteiger partial charge in [-0.05, 0) is 60.9 Å². The number of nitrogens with zero attached hydrogens (tertiary/aromatic N) is 1. The summed E-state index contributed by atoms with van der Waals surface area (Å²) in [4.78, 5) is 12.6. The average molecular weight is 477 g/mol.